The van der Waals surface area contributed by atoms with E-state index < -0.39 is 5.97 Å². The number of aliphatic carboxylic acids is 1. The Bertz CT molecular complexity index is 546. The van der Waals surface area contributed by atoms with Crippen LogP contribution >= 0.6 is 0 Å². The number of nitrogens with zero attached hydrogens (tertiary/aromatic N) is 1. The van der Waals surface area contributed by atoms with E-state index in [0.717, 1.165) is 11.3 Å². The van der Waals surface area contributed by atoms with E-state index in [0.29, 0.717) is 26.1 Å². The molecule has 1 aromatic rings. The lowest BCUT2D eigenvalue weighted by atomic mass is 9.98. The van der Waals surface area contributed by atoms with Gasteiger partial charge in [-0.1, -0.05) is 18.2 Å². The van der Waals surface area contributed by atoms with Gasteiger partial charge >= 0.3 is 12.0 Å². The third-order valence-electron chi connectivity index (χ3n) is 3.94. The Morgan fingerprint density at radius 1 is 1.35 bits per heavy atom. The molecule has 2 saturated heterocycles. The summed E-state index contributed by atoms with van der Waals surface area (Å²) in [6.45, 7) is 1.76. The molecular formula is C14H17N3O3. The predicted octanol–water partition coefficient (Wildman–Crippen LogP) is 0.951. The van der Waals surface area contributed by atoms with E-state index in [2.05, 4.69) is 10.6 Å². The molecule has 3 N–H and O–H groups in total. The summed E-state index contributed by atoms with van der Waals surface area (Å²) in [5.74, 6) is -1.13. The van der Waals surface area contributed by atoms with Crippen LogP contribution in [0.15, 0.2) is 24.3 Å². The number of hydrogen-bond acceptors (Lipinski definition) is 3. The molecule has 6 nitrogen and oxygen atoms in total. The van der Waals surface area contributed by atoms with Crippen LogP contribution in [0.3, 0.4) is 0 Å². The fourth-order valence-electron chi connectivity index (χ4n) is 2.89. The van der Waals surface area contributed by atoms with Gasteiger partial charge in [-0.15, -0.1) is 0 Å². The van der Waals surface area contributed by atoms with Crippen LogP contribution in [0.1, 0.15) is 18.0 Å². The number of carboxylic acids is 1. The van der Waals surface area contributed by atoms with Crippen molar-refractivity contribution in [1.29, 1.82) is 0 Å². The van der Waals surface area contributed by atoms with E-state index in [1.54, 1.807) is 4.90 Å². The molecule has 0 saturated carbocycles. The average molecular weight is 275 g/mol. The molecule has 0 aliphatic carbocycles. The molecule has 2 unspecified atom stereocenters. The van der Waals surface area contributed by atoms with Crippen LogP contribution < -0.4 is 15.5 Å². The molecule has 0 spiro atoms. The Hall–Kier alpha value is -2.08. The molecule has 0 bridgehead atoms. The summed E-state index contributed by atoms with van der Waals surface area (Å²) in [6.07, 6.45) is 0.557. The van der Waals surface area contributed by atoms with Gasteiger partial charge in [0.25, 0.3) is 0 Å². The Labute approximate surface area is 116 Å². The fourth-order valence-corrected chi connectivity index (χ4v) is 2.89. The summed E-state index contributed by atoms with van der Waals surface area (Å²) >= 11 is 0. The van der Waals surface area contributed by atoms with E-state index in [1.165, 1.54) is 0 Å². The summed E-state index contributed by atoms with van der Waals surface area (Å²) < 4.78 is 0. The maximum Gasteiger partial charge on any atom is 0.322 e. The highest BCUT2D eigenvalue weighted by molar-refractivity contribution is 5.94. The topological polar surface area (TPSA) is 81.7 Å². The molecule has 2 aliphatic heterocycles. The molecule has 2 amide bonds. The largest absolute Gasteiger partial charge is 0.481 e. The zero-order valence-corrected chi connectivity index (χ0v) is 11.0. The summed E-state index contributed by atoms with van der Waals surface area (Å²) in [7, 11) is 0. The Kier molecular flexibility index (Phi) is 3.31. The number of urea groups is 1. The zero-order valence-electron chi connectivity index (χ0n) is 11.0. The second-order valence-corrected chi connectivity index (χ2v) is 5.17. The second-order valence-electron chi connectivity index (χ2n) is 5.17. The number of benzene rings is 1. The van der Waals surface area contributed by atoms with Crippen molar-refractivity contribution in [2.75, 3.05) is 24.5 Å². The van der Waals surface area contributed by atoms with Gasteiger partial charge in [0.05, 0.1) is 11.6 Å². The van der Waals surface area contributed by atoms with Crippen LogP contribution in [0.25, 0.3) is 0 Å². The molecule has 1 aromatic carbocycles. The average Bonchev–Trinajstić information content (AvgIpc) is 3.07. The van der Waals surface area contributed by atoms with Crippen molar-refractivity contribution in [2.24, 2.45) is 5.92 Å². The molecular weight excluding hydrogens is 258 g/mol. The van der Waals surface area contributed by atoms with Crippen molar-refractivity contribution in [3.63, 3.8) is 0 Å². The van der Waals surface area contributed by atoms with Gasteiger partial charge in [-0.2, -0.15) is 0 Å². The molecule has 106 valence electrons. The summed E-state index contributed by atoms with van der Waals surface area (Å²) in [5, 5.41) is 15.1. The molecule has 0 aromatic heterocycles. The van der Waals surface area contributed by atoms with Crippen LogP contribution in [0.2, 0.25) is 0 Å². The van der Waals surface area contributed by atoms with Crippen molar-refractivity contribution in [3.8, 4) is 0 Å². The van der Waals surface area contributed by atoms with E-state index in [9.17, 15) is 9.59 Å². The Balaban J connectivity index is 1.87. The molecule has 3 rings (SSSR count). The molecule has 2 atom stereocenters. The molecule has 2 aliphatic rings. The number of hydrogen-bond donors (Lipinski definition) is 3. The van der Waals surface area contributed by atoms with Gasteiger partial charge in [0.2, 0.25) is 0 Å². The van der Waals surface area contributed by atoms with Crippen LogP contribution in [-0.4, -0.2) is 36.7 Å². The van der Waals surface area contributed by atoms with Crippen molar-refractivity contribution in [2.45, 2.75) is 12.5 Å². The van der Waals surface area contributed by atoms with Crippen LogP contribution in [0.5, 0.6) is 0 Å². The SMILES string of the molecule is O=C(O)C1CNC(c2ccccc2N2CCNC2=O)C1. The van der Waals surface area contributed by atoms with Gasteiger partial charge in [0.1, 0.15) is 0 Å². The minimum Gasteiger partial charge on any atom is -0.481 e. The first-order valence-corrected chi connectivity index (χ1v) is 6.77. The smallest absolute Gasteiger partial charge is 0.322 e. The molecule has 2 fully saturated rings. The monoisotopic (exact) mass is 275 g/mol. The van der Waals surface area contributed by atoms with Crippen LogP contribution in [-0.2, 0) is 4.79 Å². The van der Waals surface area contributed by atoms with Crippen molar-refractivity contribution >= 4 is 17.7 Å². The number of nitrogens with one attached hydrogen (secondary N) is 2. The van der Waals surface area contributed by atoms with Gasteiger partial charge in [-0.3, -0.25) is 9.69 Å². The zero-order chi connectivity index (χ0) is 14.1. The fraction of sp³-hybridized carbons (Fsp3) is 0.429. The van der Waals surface area contributed by atoms with Crippen molar-refractivity contribution in [3.05, 3.63) is 29.8 Å². The van der Waals surface area contributed by atoms with Gasteiger partial charge in [-0.25, -0.2) is 4.79 Å². The van der Waals surface area contributed by atoms with Crippen LogP contribution in [0, 0.1) is 5.92 Å². The third kappa shape index (κ3) is 2.22. The number of carboxylic acid groups (broad SMARTS) is 1. The van der Waals surface area contributed by atoms with Gasteiger partial charge in [0.15, 0.2) is 0 Å². The Morgan fingerprint density at radius 2 is 2.15 bits per heavy atom. The third-order valence-corrected chi connectivity index (χ3v) is 3.94. The summed E-state index contributed by atoms with van der Waals surface area (Å²) in [6, 6.07) is 7.58. The van der Waals surface area contributed by atoms with Crippen molar-refractivity contribution in [1.82, 2.24) is 10.6 Å². The minimum absolute atomic E-state index is 0.0132. The Morgan fingerprint density at radius 3 is 2.80 bits per heavy atom. The molecule has 2 heterocycles. The quantitative estimate of drug-likeness (QED) is 0.767. The second kappa shape index (κ2) is 5.13. The number of para-hydroxylation sites is 1. The highest BCUT2D eigenvalue weighted by atomic mass is 16.4. The van der Waals surface area contributed by atoms with Gasteiger partial charge < -0.3 is 15.7 Å². The highest BCUT2D eigenvalue weighted by Crippen LogP contribution is 2.34. The van der Waals surface area contributed by atoms with Gasteiger partial charge in [0, 0.05) is 25.7 Å². The van der Waals surface area contributed by atoms with E-state index >= 15 is 0 Å². The van der Waals surface area contributed by atoms with Gasteiger partial charge in [-0.05, 0) is 18.1 Å². The number of amides is 2. The summed E-state index contributed by atoms with van der Waals surface area (Å²) in [5.41, 5.74) is 1.86. The highest BCUT2D eigenvalue weighted by Gasteiger charge is 2.33. The lowest BCUT2D eigenvalue weighted by molar-refractivity contribution is -0.141. The number of carbonyl (C=O) groups is 2. The lowest BCUT2D eigenvalue weighted by Crippen LogP contribution is -2.29. The first-order valence-electron chi connectivity index (χ1n) is 6.77. The van der Waals surface area contributed by atoms with E-state index in [-0.39, 0.29) is 18.0 Å². The lowest BCUT2D eigenvalue weighted by Gasteiger charge is -2.22. The molecule has 0 radical (unpaired) electrons. The first kappa shape index (κ1) is 12.9. The number of rotatable bonds is 3. The molecule has 6 heteroatoms. The summed E-state index contributed by atoms with van der Waals surface area (Å²) in [4.78, 5) is 24.6. The van der Waals surface area contributed by atoms with E-state index in [1.807, 2.05) is 24.3 Å². The first-order chi connectivity index (χ1) is 9.66. The normalized spacial score (nSPS) is 25.8. The van der Waals surface area contributed by atoms with Crippen molar-refractivity contribution < 1.29 is 14.7 Å². The maximum absolute atomic E-state index is 11.8. The van der Waals surface area contributed by atoms with E-state index in [4.69, 9.17) is 5.11 Å². The number of carbonyl (C=O) groups excluding carboxylic acids is 1. The maximum atomic E-state index is 11.8. The molecule has 20 heavy (non-hydrogen) atoms. The standard InChI is InChI=1S/C14H17N3O3/c18-13(19)9-7-11(16-8-9)10-3-1-2-4-12(10)17-6-5-15-14(17)20/h1-4,9,11,16H,5-8H2,(H,15,20)(H,18,19). The minimum atomic E-state index is -0.767. The number of anilines is 1. The van der Waals surface area contributed by atoms with Crippen LogP contribution in [0.4, 0.5) is 10.5 Å². The predicted molar refractivity (Wildman–Crippen MR) is 73.7 cm³/mol.